The van der Waals surface area contributed by atoms with Gasteiger partial charge in [0.15, 0.2) is 6.29 Å². The minimum atomic E-state index is -0.326. The highest BCUT2D eigenvalue weighted by Crippen LogP contribution is 2.32. The highest BCUT2D eigenvalue weighted by atomic mass is 16.7. The first kappa shape index (κ1) is 15.8. The van der Waals surface area contributed by atoms with Gasteiger partial charge >= 0.3 is 0 Å². The van der Waals surface area contributed by atoms with Gasteiger partial charge in [-0.05, 0) is 11.1 Å². The van der Waals surface area contributed by atoms with Gasteiger partial charge in [0, 0.05) is 6.42 Å². The van der Waals surface area contributed by atoms with Crippen molar-refractivity contribution in [1.29, 1.82) is 0 Å². The zero-order valence-corrected chi connectivity index (χ0v) is 13.5. The van der Waals surface area contributed by atoms with Crippen LogP contribution in [-0.2, 0) is 32.2 Å². The third-order valence-corrected chi connectivity index (χ3v) is 4.50. The third-order valence-electron chi connectivity index (χ3n) is 4.50. The molecule has 2 aromatic rings. The molecule has 2 bridgehead atoms. The molecule has 0 aromatic heterocycles. The van der Waals surface area contributed by atoms with Crippen molar-refractivity contribution in [3.05, 3.63) is 71.8 Å². The molecule has 4 atom stereocenters. The van der Waals surface area contributed by atoms with E-state index in [9.17, 15) is 0 Å². The Morgan fingerprint density at radius 1 is 0.833 bits per heavy atom. The Balaban J connectivity index is 1.40. The van der Waals surface area contributed by atoms with Crippen molar-refractivity contribution in [2.24, 2.45) is 0 Å². The fraction of sp³-hybridized carbons (Fsp3) is 0.400. The highest BCUT2D eigenvalue weighted by molar-refractivity contribution is 5.14. The van der Waals surface area contributed by atoms with Gasteiger partial charge < -0.3 is 18.9 Å². The van der Waals surface area contributed by atoms with E-state index in [-0.39, 0.29) is 24.6 Å². The molecule has 2 heterocycles. The fourth-order valence-electron chi connectivity index (χ4n) is 3.23. The number of rotatable bonds is 6. The Morgan fingerprint density at radius 3 is 2.12 bits per heavy atom. The van der Waals surface area contributed by atoms with Gasteiger partial charge in [-0.3, -0.25) is 0 Å². The number of ether oxygens (including phenoxy) is 4. The monoisotopic (exact) mass is 326 g/mol. The van der Waals surface area contributed by atoms with Crippen LogP contribution >= 0.6 is 0 Å². The quantitative estimate of drug-likeness (QED) is 0.816. The van der Waals surface area contributed by atoms with Crippen LogP contribution in [0.3, 0.4) is 0 Å². The lowest BCUT2D eigenvalue weighted by molar-refractivity contribution is -0.227. The molecule has 0 saturated carbocycles. The first-order valence-corrected chi connectivity index (χ1v) is 8.46. The molecule has 4 unspecified atom stereocenters. The Labute approximate surface area is 142 Å². The van der Waals surface area contributed by atoms with E-state index in [1.165, 1.54) is 5.56 Å². The summed E-state index contributed by atoms with van der Waals surface area (Å²) in [6.07, 6.45) is 0.386. The summed E-state index contributed by atoms with van der Waals surface area (Å²) in [4.78, 5) is 0. The van der Waals surface area contributed by atoms with Crippen LogP contribution in [0.25, 0.3) is 0 Å². The van der Waals surface area contributed by atoms with Crippen molar-refractivity contribution >= 4 is 0 Å². The summed E-state index contributed by atoms with van der Waals surface area (Å²) in [5.41, 5.74) is 2.30. The minimum absolute atomic E-state index is 0.0137. The van der Waals surface area contributed by atoms with Crippen LogP contribution in [0.4, 0.5) is 0 Å². The molecule has 2 saturated heterocycles. The molecule has 0 N–H and O–H groups in total. The maximum atomic E-state index is 6.17. The van der Waals surface area contributed by atoms with E-state index < -0.39 is 0 Å². The van der Waals surface area contributed by atoms with Crippen molar-refractivity contribution in [2.45, 2.75) is 44.2 Å². The summed E-state index contributed by atoms with van der Waals surface area (Å²) in [6, 6.07) is 20.4. The average molecular weight is 326 g/mol. The van der Waals surface area contributed by atoms with E-state index in [0.29, 0.717) is 19.8 Å². The molecule has 0 amide bonds. The molecule has 2 aliphatic heterocycles. The minimum Gasteiger partial charge on any atom is -0.371 e. The molecule has 4 heteroatoms. The summed E-state index contributed by atoms with van der Waals surface area (Å²) < 4.78 is 23.9. The second-order valence-corrected chi connectivity index (χ2v) is 6.29. The van der Waals surface area contributed by atoms with E-state index >= 15 is 0 Å². The van der Waals surface area contributed by atoms with E-state index in [2.05, 4.69) is 24.3 Å². The van der Waals surface area contributed by atoms with E-state index in [1.54, 1.807) is 0 Å². The van der Waals surface area contributed by atoms with Gasteiger partial charge in [-0.25, -0.2) is 0 Å². The van der Waals surface area contributed by atoms with Crippen molar-refractivity contribution in [2.75, 3.05) is 6.61 Å². The van der Waals surface area contributed by atoms with Crippen molar-refractivity contribution in [3.8, 4) is 0 Å². The number of hydrogen-bond acceptors (Lipinski definition) is 4. The third kappa shape index (κ3) is 3.68. The molecule has 4 rings (SSSR count). The van der Waals surface area contributed by atoms with Crippen LogP contribution in [0.1, 0.15) is 17.5 Å². The zero-order chi connectivity index (χ0) is 16.2. The Morgan fingerprint density at radius 2 is 1.46 bits per heavy atom. The number of hydrogen-bond donors (Lipinski definition) is 0. The van der Waals surface area contributed by atoms with E-state index in [1.807, 2.05) is 36.4 Å². The van der Waals surface area contributed by atoms with Crippen LogP contribution in [-0.4, -0.2) is 31.2 Å². The molecule has 126 valence electrons. The van der Waals surface area contributed by atoms with E-state index in [0.717, 1.165) is 12.0 Å². The predicted molar refractivity (Wildman–Crippen MR) is 89.3 cm³/mol. The standard InChI is InChI=1S/C20H22O4/c1-3-7-15(8-4-1)12-21-18-11-17-14-23-20(24-17)19(18)22-13-16-9-5-2-6-10-16/h1-10,17-20H,11-14H2. The lowest BCUT2D eigenvalue weighted by Crippen LogP contribution is -2.46. The number of benzene rings is 2. The van der Waals surface area contributed by atoms with Crippen molar-refractivity contribution in [1.82, 2.24) is 0 Å². The van der Waals surface area contributed by atoms with Gasteiger partial charge in [-0.1, -0.05) is 60.7 Å². The summed E-state index contributed by atoms with van der Waals surface area (Å²) in [5.74, 6) is 0. The summed E-state index contributed by atoms with van der Waals surface area (Å²) in [5, 5.41) is 0. The van der Waals surface area contributed by atoms with Gasteiger partial charge in [-0.2, -0.15) is 0 Å². The Bertz CT molecular complexity index is 631. The Kier molecular flexibility index (Phi) is 4.90. The van der Waals surface area contributed by atoms with Crippen LogP contribution in [0, 0.1) is 0 Å². The SMILES string of the molecule is c1ccc(COC2CC3COC(O3)C2OCc2ccccc2)cc1. The first-order valence-electron chi connectivity index (χ1n) is 8.46. The molecular formula is C20H22O4. The molecule has 0 spiro atoms. The average Bonchev–Trinajstić information content (AvgIpc) is 3.03. The molecular weight excluding hydrogens is 304 g/mol. The van der Waals surface area contributed by atoms with Gasteiger partial charge in [0.25, 0.3) is 0 Å². The topological polar surface area (TPSA) is 36.9 Å². The van der Waals surface area contributed by atoms with Crippen molar-refractivity contribution < 1.29 is 18.9 Å². The first-order chi connectivity index (χ1) is 11.9. The van der Waals surface area contributed by atoms with Gasteiger partial charge in [0.1, 0.15) is 6.10 Å². The maximum Gasteiger partial charge on any atom is 0.186 e. The Hall–Kier alpha value is -1.72. The molecule has 24 heavy (non-hydrogen) atoms. The fourth-order valence-corrected chi connectivity index (χ4v) is 3.23. The lowest BCUT2D eigenvalue weighted by atomic mass is 10.0. The second-order valence-electron chi connectivity index (χ2n) is 6.29. The second kappa shape index (κ2) is 7.45. The molecule has 4 nitrogen and oxygen atoms in total. The highest BCUT2D eigenvalue weighted by Gasteiger charge is 2.45. The van der Waals surface area contributed by atoms with Crippen LogP contribution in [0.2, 0.25) is 0 Å². The van der Waals surface area contributed by atoms with Gasteiger partial charge in [-0.15, -0.1) is 0 Å². The molecule has 2 fully saturated rings. The molecule has 2 aliphatic rings. The summed E-state index contributed by atoms with van der Waals surface area (Å²) >= 11 is 0. The zero-order valence-electron chi connectivity index (χ0n) is 13.5. The molecule has 2 aromatic carbocycles. The van der Waals surface area contributed by atoms with E-state index in [4.69, 9.17) is 18.9 Å². The lowest BCUT2D eigenvalue weighted by Gasteiger charge is -2.35. The van der Waals surface area contributed by atoms with Crippen LogP contribution in [0.15, 0.2) is 60.7 Å². The smallest absolute Gasteiger partial charge is 0.186 e. The van der Waals surface area contributed by atoms with Gasteiger partial charge in [0.2, 0.25) is 0 Å². The van der Waals surface area contributed by atoms with Crippen LogP contribution in [0.5, 0.6) is 0 Å². The molecule has 0 radical (unpaired) electrons. The normalized spacial score (nSPS) is 28.8. The van der Waals surface area contributed by atoms with Gasteiger partial charge in [0.05, 0.1) is 32.0 Å². The summed E-state index contributed by atoms with van der Waals surface area (Å²) in [7, 11) is 0. The van der Waals surface area contributed by atoms with Crippen molar-refractivity contribution in [3.63, 3.8) is 0 Å². The predicted octanol–water partition coefficient (Wildman–Crippen LogP) is 3.30. The summed E-state index contributed by atoms with van der Waals surface area (Å²) in [6.45, 7) is 1.74. The number of fused-ring (bicyclic) bond motifs is 2. The molecule has 0 aliphatic carbocycles. The van der Waals surface area contributed by atoms with Crippen LogP contribution < -0.4 is 0 Å². The largest absolute Gasteiger partial charge is 0.371 e. The maximum absolute atomic E-state index is 6.17.